The third-order valence-corrected chi connectivity index (χ3v) is 4.21. The molecule has 1 fully saturated rings. The van der Waals surface area contributed by atoms with Crippen LogP contribution in [0.25, 0.3) is 0 Å². The third-order valence-electron chi connectivity index (χ3n) is 4.21. The number of aliphatic imine (C=N–C) groups is 1. The number of benzene rings is 1. The maximum Gasteiger partial charge on any atom is 0.191 e. The fourth-order valence-electron chi connectivity index (χ4n) is 2.76. The first kappa shape index (κ1) is 15.8. The Kier molecular flexibility index (Phi) is 5.62. The summed E-state index contributed by atoms with van der Waals surface area (Å²) < 4.78 is 5.05. The van der Waals surface area contributed by atoms with Crippen LogP contribution in [-0.4, -0.2) is 39.8 Å². The number of ether oxygens (including phenoxy) is 1. The molecule has 1 saturated carbocycles. The summed E-state index contributed by atoms with van der Waals surface area (Å²) >= 11 is 0. The number of hydrogen-bond acceptors (Lipinski definition) is 2. The van der Waals surface area contributed by atoms with Gasteiger partial charge in [-0.25, -0.2) is 0 Å². The first-order valence-electron chi connectivity index (χ1n) is 7.71. The number of guanidine groups is 1. The van der Waals surface area contributed by atoms with Crippen LogP contribution in [0.3, 0.4) is 0 Å². The van der Waals surface area contributed by atoms with E-state index in [-0.39, 0.29) is 0 Å². The Hall–Kier alpha value is -1.55. The second-order valence-corrected chi connectivity index (χ2v) is 5.79. The molecule has 21 heavy (non-hydrogen) atoms. The van der Waals surface area contributed by atoms with Gasteiger partial charge in [0, 0.05) is 39.3 Å². The van der Waals surface area contributed by atoms with E-state index in [1.165, 1.54) is 24.0 Å². The van der Waals surface area contributed by atoms with E-state index >= 15 is 0 Å². The molecule has 2 rings (SSSR count). The van der Waals surface area contributed by atoms with Crippen molar-refractivity contribution >= 4 is 5.96 Å². The minimum atomic E-state index is 0.301. The number of hydrogen-bond donors (Lipinski definition) is 2. The Bertz CT molecular complexity index is 481. The van der Waals surface area contributed by atoms with Gasteiger partial charge in [-0.2, -0.15) is 0 Å². The maximum absolute atomic E-state index is 5.05. The summed E-state index contributed by atoms with van der Waals surface area (Å²) in [6, 6.07) is 8.71. The van der Waals surface area contributed by atoms with Crippen LogP contribution in [0.4, 0.5) is 0 Å². The molecule has 1 aliphatic carbocycles. The van der Waals surface area contributed by atoms with Crippen molar-refractivity contribution in [3.63, 3.8) is 0 Å². The molecule has 0 saturated heterocycles. The highest BCUT2D eigenvalue weighted by atomic mass is 16.5. The molecule has 0 heterocycles. The normalized spacial score (nSPS) is 16.6. The largest absolute Gasteiger partial charge is 0.385 e. The van der Waals surface area contributed by atoms with Crippen LogP contribution in [0, 0.1) is 6.92 Å². The Morgan fingerprint density at radius 2 is 2.05 bits per heavy atom. The van der Waals surface area contributed by atoms with Crippen molar-refractivity contribution in [2.75, 3.05) is 33.9 Å². The minimum absolute atomic E-state index is 0.301. The van der Waals surface area contributed by atoms with E-state index in [0.29, 0.717) is 5.41 Å². The molecule has 0 bridgehead atoms. The van der Waals surface area contributed by atoms with E-state index in [2.05, 4.69) is 46.8 Å². The Labute approximate surface area is 128 Å². The van der Waals surface area contributed by atoms with Crippen LogP contribution in [0.1, 0.15) is 30.4 Å². The van der Waals surface area contributed by atoms with E-state index in [1.807, 2.05) is 7.05 Å². The van der Waals surface area contributed by atoms with Gasteiger partial charge in [0.2, 0.25) is 0 Å². The van der Waals surface area contributed by atoms with E-state index in [9.17, 15) is 0 Å². The molecule has 4 heteroatoms. The van der Waals surface area contributed by atoms with Crippen molar-refractivity contribution in [2.24, 2.45) is 4.99 Å². The van der Waals surface area contributed by atoms with Crippen LogP contribution in [-0.2, 0) is 10.2 Å². The molecule has 0 aromatic heterocycles. The molecule has 0 atom stereocenters. The molecular formula is C17H27N3O. The lowest BCUT2D eigenvalue weighted by atomic mass is 9.92. The number of nitrogens with one attached hydrogen (secondary N) is 2. The molecule has 4 nitrogen and oxygen atoms in total. The van der Waals surface area contributed by atoms with Gasteiger partial charge in [-0.1, -0.05) is 24.3 Å². The molecule has 1 aliphatic rings. The molecule has 1 aromatic rings. The topological polar surface area (TPSA) is 45.7 Å². The summed E-state index contributed by atoms with van der Waals surface area (Å²) in [4.78, 5) is 4.29. The van der Waals surface area contributed by atoms with Gasteiger partial charge in [0.1, 0.15) is 0 Å². The van der Waals surface area contributed by atoms with E-state index in [0.717, 1.165) is 32.1 Å². The minimum Gasteiger partial charge on any atom is -0.385 e. The average molecular weight is 289 g/mol. The summed E-state index contributed by atoms with van der Waals surface area (Å²) in [6.45, 7) is 4.80. The molecule has 0 unspecified atom stereocenters. The van der Waals surface area contributed by atoms with Gasteiger partial charge in [0.05, 0.1) is 0 Å². The van der Waals surface area contributed by atoms with Crippen molar-refractivity contribution in [2.45, 2.75) is 31.6 Å². The molecule has 0 radical (unpaired) electrons. The van der Waals surface area contributed by atoms with Crippen LogP contribution in [0.2, 0.25) is 0 Å². The molecule has 0 spiro atoms. The second kappa shape index (κ2) is 7.46. The van der Waals surface area contributed by atoms with Gasteiger partial charge in [-0.3, -0.25) is 4.99 Å². The Morgan fingerprint density at radius 3 is 2.67 bits per heavy atom. The molecule has 116 valence electrons. The predicted octanol–water partition coefficient (Wildman–Crippen LogP) is 2.23. The summed E-state index contributed by atoms with van der Waals surface area (Å²) in [6.07, 6.45) is 3.50. The van der Waals surface area contributed by atoms with Crippen LogP contribution >= 0.6 is 0 Å². The highest BCUT2D eigenvalue weighted by Crippen LogP contribution is 2.48. The lowest BCUT2D eigenvalue weighted by Gasteiger charge is -2.20. The van der Waals surface area contributed by atoms with Crippen molar-refractivity contribution in [1.29, 1.82) is 0 Å². The van der Waals surface area contributed by atoms with Crippen molar-refractivity contribution in [1.82, 2.24) is 10.6 Å². The van der Waals surface area contributed by atoms with Crippen molar-refractivity contribution < 1.29 is 4.74 Å². The first-order valence-corrected chi connectivity index (χ1v) is 7.71. The van der Waals surface area contributed by atoms with Crippen LogP contribution < -0.4 is 10.6 Å². The maximum atomic E-state index is 5.05. The van der Waals surface area contributed by atoms with Gasteiger partial charge in [-0.05, 0) is 37.3 Å². The third kappa shape index (κ3) is 4.21. The van der Waals surface area contributed by atoms with Gasteiger partial charge >= 0.3 is 0 Å². The molecule has 2 N–H and O–H groups in total. The van der Waals surface area contributed by atoms with Crippen LogP contribution in [0.5, 0.6) is 0 Å². The fraction of sp³-hybridized carbons (Fsp3) is 0.588. The van der Waals surface area contributed by atoms with E-state index < -0.39 is 0 Å². The van der Waals surface area contributed by atoms with Gasteiger partial charge in [0.15, 0.2) is 5.96 Å². The van der Waals surface area contributed by atoms with Crippen molar-refractivity contribution in [3.8, 4) is 0 Å². The van der Waals surface area contributed by atoms with Gasteiger partial charge in [0.25, 0.3) is 0 Å². The summed E-state index contributed by atoms with van der Waals surface area (Å²) in [7, 11) is 3.55. The van der Waals surface area contributed by atoms with E-state index in [1.54, 1.807) is 7.11 Å². The summed E-state index contributed by atoms with van der Waals surface area (Å²) in [5.41, 5.74) is 3.17. The standard InChI is InChI=1S/C17H27N3O/c1-14-7-4-5-8-15(14)17(9-10-17)13-20-16(18-2)19-11-6-12-21-3/h4-5,7-8H,6,9-13H2,1-3H3,(H2,18,19,20). The monoisotopic (exact) mass is 289 g/mol. The fourth-order valence-corrected chi connectivity index (χ4v) is 2.76. The molecule has 0 aliphatic heterocycles. The van der Waals surface area contributed by atoms with Gasteiger partial charge in [-0.15, -0.1) is 0 Å². The second-order valence-electron chi connectivity index (χ2n) is 5.79. The first-order chi connectivity index (χ1) is 10.2. The molecule has 1 aromatic carbocycles. The zero-order chi connectivity index (χ0) is 15.1. The quantitative estimate of drug-likeness (QED) is 0.460. The summed E-state index contributed by atoms with van der Waals surface area (Å²) in [5.74, 6) is 0.881. The molecule has 0 amide bonds. The zero-order valence-corrected chi connectivity index (χ0v) is 13.4. The predicted molar refractivity (Wildman–Crippen MR) is 87.9 cm³/mol. The van der Waals surface area contributed by atoms with Crippen molar-refractivity contribution in [3.05, 3.63) is 35.4 Å². The number of methoxy groups -OCH3 is 1. The lowest BCUT2D eigenvalue weighted by Crippen LogP contribution is -2.41. The summed E-state index contributed by atoms with van der Waals surface area (Å²) in [5, 5.41) is 6.80. The van der Waals surface area contributed by atoms with Gasteiger partial charge < -0.3 is 15.4 Å². The Morgan fingerprint density at radius 1 is 1.29 bits per heavy atom. The van der Waals surface area contributed by atoms with E-state index in [4.69, 9.17) is 4.74 Å². The molecular weight excluding hydrogens is 262 g/mol. The number of nitrogens with zero attached hydrogens (tertiary/aromatic N) is 1. The smallest absolute Gasteiger partial charge is 0.191 e. The number of aryl methyl sites for hydroxylation is 1. The highest BCUT2D eigenvalue weighted by molar-refractivity contribution is 5.79. The zero-order valence-electron chi connectivity index (χ0n) is 13.4. The SMILES string of the molecule is CN=C(NCCCOC)NCC1(c2ccccc2C)CC1. The average Bonchev–Trinajstić information content (AvgIpc) is 3.28. The highest BCUT2D eigenvalue weighted by Gasteiger charge is 2.44. The Balaban J connectivity index is 1.85. The van der Waals surface area contributed by atoms with Crippen LogP contribution in [0.15, 0.2) is 29.3 Å². The number of rotatable bonds is 7. The lowest BCUT2D eigenvalue weighted by molar-refractivity contribution is 0.195.